The Balaban J connectivity index is 2.01. The van der Waals surface area contributed by atoms with Crippen LogP contribution in [0.25, 0.3) is 0 Å². The summed E-state index contributed by atoms with van der Waals surface area (Å²) >= 11 is 0. The first kappa shape index (κ1) is 29.7. The van der Waals surface area contributed by atoms with Crippen LogP contribution in [0.4, 0.5) is 5.69 Å². The number of nitrogens with zero attached hydrogens (tertiary/aromatic N) is 2. The minimum atomic E-state index is -4.09. The molecule has 0 aliphatic carbocycles. The molecular weight excluding hydrogens is 514 g/mol. The Kier molecular flexibility index (Phi) is 10.1. The van der Waals surface area contributed by atoms with Crippen molar-refractivity contribution in [2.24, 2.45) is 0 Å². The van der Waals surface area contributed by atoms with E-state index in [9.17, 15) is 18.0 Å². The molecular formula is C30H37N3O5S. The van der Waals surface area contributed by atoms with Gasteiger partial charge < -0.3 is 15.0 Å². The standard InChI is InChI=1S/C30H37N3O5S/c1-6-31-30(35)23(4)32(20-24-12-18-27(38-5)19-13-24)29(34)21-33(26-16-14-25(15-17-26)22(2)3)39(36,37)28-10-8-7-9-11-28/h7-19,22-23H,6,20-21H2,1-5H3,(H,31,35)/t23-/m0/s1. The predicted molar refractivity (Wildman–Crippen MR) is 153 cm³/mol. The van der Waals surface area contributed by atoms with Crippen LogP contribution >= 0.6 is 0 Å². The molecule has 0 heterocycles. The molecule has 0 unspecified atom stereocenters. The lowest BCUT2D eigenvalue weighted by Gasteiger charge is -2.32. The molecule has 2 amide bonds. The van der Waals surface area contributed by atoms with Gasteiger partial charge >= 0.3 is 0 Å². The van der Waals surface area contributed by atoms with Gasteiger partial charge in [0.25, 0.3) is 10.0 Å². The number of hydrogen-bond donors (Lipinski definition) is 1. The molecule has 0 aliphatic heterocycles. The molecule has 0 aromatic heterocycles. The molecule has 3 aromatic rings. The molecule has 0 spiro atoms. The van der Waals surface area contributed by atoms with Gasteiger partial charge in [0, 0.05) is 13.1 Å². The van der Waals surface area contributed by atoms with E-state index in [1.165, 1.54) is 17.0 Å². The molecule has 0 bridgehead atoms. The van der Waals surface area contributed by atoms with Crippen molar-refractivity contribution in [1.29, 1.82) is 0 Å². The average molecular weight is 552 g/mol. The van der Waals surface area contributed by atoms with Crippen LogP contribution in [-0.2, 0) is 26.2 Å². The first-order chi connectivity index (χ1) is 18.6. The summed E-state index contributed by atoms with van der Waals surface area (Å²) in [6, 6.07) is 21.5. The number of rotatable bonds is 12. The van der Waals surface area contributed by atoms with Crippen molar-refractivity contribution in [3.63, 3.8) is 0 Å². The van der Waals surface area contributed by atoms with Gasteiger partial charge in [-0.1, -0.05) is 56.3 Å². The fourth-order valence-corrected chi connectivity index (χ4v) is 5.54. The summed E-state index contributed by atoms with van der Waals surface area (Å²) in [5.74, 6) is 0.103. The lowest BCUT2D eigenvalue weighted by Crippen LogP contribution is -2.51. The quantitative estimate of drug-likeness (QED) is 0.356. The zero-order valence-corrected chi connectivity index (χ0v) is 23.9. The van der Waals surface area contributed by atoms with Crippen LogP contribution in [0.5, 0.6) is 5.75 Å². The highest BCUT2D eigenvalue weighted by Gasteiger charge is 2.32. The number of hydrogen-bond acceptors (Lipinski definition) is 5. The zero-order chi connectivity index (χ0) is 28.6. The van der Waals surface area contributed by atoms with Crippen molar-refractivity contribution in [3.05, 3.63) is 90.0 Å². The summed E-state index contributed by atoms with van der Waals surface area (Å²) in [4.78, 5) is 28.1. The molecule has 1 atom stereocenters. The maximum atomic E-state index is 13.9. The van der Waals surface area contributed by atoms with E-state index in [-0.39, 0.29) is 23.3 Å². The molecule has 1 N–H and O–H groups in total. The summed E-state index contributed by atoms with van der Waals surface area (Å²) in [5.41, 5.74) is 2.19. The van der Waals surface area contributed by atoms with Crippen LogP contribution in [0.1, 0.15) is 44.7 Å². The van der Waals surface area contributed by atoms with Crippen LogP contribution in [0.2, 0.25) is 0 Å². The van der Waals surface area contributed by atoms with Gasteiger partial charge in [-0.15, -0.1) is 0 Å². The topological polar surface area (TPSA) is 96.0 Å². The Labute approximate surface area is 231 Å². The van der Waals surface area contributed by atoms with Gasteiger partial charge in [-0.25, -0.2) is 8.42 Å². The molecule has 3 rings (SSSR count). The number of carbonyl (C=O) groups is 2. The Morgan fingerprint density at radius 1 is 0.897 bits per heavy atom. The Hall–Kier alpha value is -3.85. The van der Waals surface area contributed by atoms with Crippen molar-refractivity contribution >= 4 is 27.5 Å². The van der Waals surface area contributed by atoms with Crippen LogP contribution in [0, 0.1) is 0 Å². The number of methoxy groups -OCH3 is 1. The van der Waals surface area contributed by atoms with Crippen molar-refractivity contribution in [3.8, 4) is 5.75 Å². The Morgan fingerprint density at radius 3 is 2.05 bits per heavy atom. The number of benzene rings is 3. The molecule has 0 radical (unpaired) electrons. The summed E-state index contributed by atoms with van der Waals surface area (Å²) in [7, 11) is -2.52. The molecule has 0 saturated heterocycles. The number of nitrogens with one attached hydrogen (secondary N) is 1. The minimum Gasteiger partial charge on any atom is -0.497 e. The highest BCUT2D eigenvalue weighted by atomic mass is 32.2. The Morgan fingerprint density at radius 2 is 1.51 bits per heavy atom. The largest absolute Gasteiger partial charge is 0.497 e. The number of anilines is 1. The van der Waals surface area contributed by atoms with Crippen LogP contribution in [-0.4, -0.2) is 51.4 Å². The monoisotopic (exact) mass is 551 g/mol. The van der Waals surface area contributed by atoms with Crippen molar-refractivity contribution < 1.29 is 22.7 Å². The first-order valence-electron chi connectivity index (χ1n) is 13.0. The van der Waals surface area contributed by atoms with Crippen molar-refractivity contribution in [2.75, 3.05) is 24.5 Å². The van der Waals surface area contributed by atoms with E-state index in [0.29, 0.717) is 18.0 Å². The summed E-state index contributed by atoms with van der Waals surface area (Å²) < 4.78 is 34.0. The van der Waals surface area contributed by atoms with Gasteiger partial charge in [-0.05, 0) is 67.3 Å². The van der Waals surface area contributed by atoms with E-state index < -0.39 is 28.5 Å². The highest BCUT2D eigenvalue weighted by Crippen LogP contribution is 2.26. The molecule has 0 saturated carbocycles. The molecule has 39 heavy (non-hydrogen) atoms. The smallest absolute Gasteiger partial charge is 0.264 e. The summed E-state index contributed by atoms with van der Waals surface area (Å²) in [6.45, 7) is 7.60. The van der Waals surface area contributed by atoms with Crippen molar-refractivity contribution in [1.82, 2.24) is 10.2 Å². The van der Waals surface area contributed by atoms with Gasteiger partial charge in [-0.2, -0.15) is 0 Å². The van der Waals surface area contributed by atoms with E-state index in [1.54, 1.807) is 63.4 Å². The maximum absolute atomic E-state index is 13.9. The number of amides is 2. The second-order valence-electron chi connectivity index (χ2n) is 9.51. The van der Waals surface area contributed by atoms with Gasteiger partial charge in [0.05, 0.1) is 17.7 Å². The van der Waals surface area contributed by atoms with Gasteiger partial charge in [0.2, 0.25) is 11.8 Å². The Bertz CT molecular complexity index is 1340. The van der Waals surface area contributed by atoms with Crippen LogP contribution in [0.15, 0.2) is 83.8 Å². The molecule has 208 valence electrons. The molecule has 3 aromatic carbocycles. The third-order valence-electron chi connectivity index (χ3n) is 6.49. The molecule has 8 nitrogen and oxygen atoms in total. The fourth-order valence-electron chi connectivity index (χ4n) is 4.11. The number of sulfonamides is 1. The summed E-state index contributed by atoms with van der Waals surface area (Å²) in [6.07, 6.45) is 0. The van der Waals surface area contributed by atoms with E-state index in [4.69, 9.17) is 4.74 Å². The molecule has 9 heteroatoms. The van der Waals surface area contributed by atoms with E-state index in [2.05, 4.69) is 19.2 Å². The first-order valence-corrected chi connectivity index (χ1v) is 14.4. The maximum Gasteiger partial charge on any atom is 0.264 e. The van der Waals surface area contributed by atoms with Gasteiger partial charge in [0.15, 0.2) is 0 Å². The number of carbonyl (C=O) groups excluding carboxylic acids is 2. The lowest BCUT2D eigenvalue weighted by atomic mass is 10.0. The zero-order valence-electron chi connectivity index (χ0n) is 23.1. The van der Waals surface area contributed by atoms with Crippen LogP contribution in [0.3, 0.4) is 0 Å². The van der Waals surface area contributed by atoms with E-state index in [1.807, 2.05) is 24.3 Å². The SMILES string of the molecule is CCNC(=O)[C@H](C)N(Cc1ccc(OC)cc1)C(=O)CN(c1ccc(C(C)C)cc1)S(=O)(=O)c1ccccc1. The van der Waals surface area contributed by atoms with Crippen LogP contribution < -0.4 is 14.4 Å². The van der Waals surface area contributed by atoms with Gasteiger partial charge in [0.1, 0.15) is 18.3 Å². The number of likely N-dealkylation sites (N-methyl/N-ethyl adjacent to an activating group) is 1. The normalized spacial score (nSPS) is 12.1. The van der Waals surface area contributed by atoms with Gasteiger partial charge in [-0.3, -0.25) is 13.9 Å². The minimum absolute atomic E-state index is 0.0733. The summed E-state index contributed by atoms with van der Waals surface area (Å²) in [5, 5.41) is 2.76. The molecule has 0 fully saturated rings. The third-order valence-corrected chi connectivity index (χ3v) is 8.28. The fraction of sp³-hybridized carbons (Fsp3) is 0.333. The highest BCUT2D eigenvalue weighted by molar-refractivity contribution is 7.92. The van der Waals surface area contributed by atoms with E-state index >= 15 is 0 Å². The van der Waals surface area contributed by atoms with Crippen molar-refractivity contribution in [2.45, 2.75) is 51.1 Å². The second kappa shape index (κ2) is 13.3. The van der Waals surface area contributed by atoms with E-state index in [0.717, 1.165) is 15.4 Å². The second-order valence-corrected chi connectivity index (χ2v) is 11.4. The molecule has 0 aliphatic rings. The average Bonchev–Trinajstić information content (AvgIpc) is 2.95. The predicted octanol–water partition coefficient (Wildman–Crippen LogP) is 4.57. The number of ether oxygens (including phenoxy) is 1. The lowest BCUT2D eigenvalue weighted by molar-refractivity contribution is -0.139. The third kappa shape index (κ3) is 7.38.